The first-order valence-electron chi connectivity index (χ1n) is 6.38. The molecule has 110 valence electrons. The summed E-state index contributed by atoms with van der Waals surface area (Å²) in [4.78, 5) is 24.7. The van der Waals surface area contributed by atoms with Crippen molar-refractivity contribution in [3.05, 3.63) is 0 Å². The van der Waals surface area contributed by atoms with Gasteiger partial charge in [-0.05, 0) is 26.2 Å². The molecule has 1 unspecified atom stereocenters. The molecule has 1 fully saturated rings. The third kappa shape index (κ3) is 5.08. The van der Waals surface area contributed by atoms with Gasteiger partial charge < -0.3 is 9.64 Å². The molecule has 1 heterocycles. The lowest BCUT2D eigenvalue weighted by Gasteiger charge is -2.34. The van der Waals surface area contributed by atoms with E-state index in [0.717, 1.165) is 6.42 Å². The number of nitrogens with zero attached hydrogens (tertiary/aromatic N) is 1. The average molecular weight is 281 g/mol. The first-order chi connectivity index (χ1) is 8.85. The van der Waals surface area contributed by atoms with Crippen LogP contribution in [0, 0.1) is 0 Å². The van der Waals surface area contributed by atoms with Crippen LogP contribution < -0.4 is 0 Å². The summed E-state index contributed by atoms with van der Waals surface area (Å²) in [7, 11) is 0. The van der Waals surface area contributed by atoms with Crippen molar-refractivity contribution in [1.82, 2.24) is 4.90 Å². The van der Waals surface area contributed by atoms with E-state index in [1.807, 2.05) is 0 Å². The maximum atomic E-state index is 12.1. The van der Waals surface area contributed by atoms with E-state index in [2.05, 4.69) is 0 Å². The standard InChI is InChI=1S/C12H18F3NO3/c1-2-19-11(18)9-5-3-4-8-16(9)10(17)6-7-12(13,14)15/h9H,2-8H2,1H3. The number of hydrogen-bond acceptors (Lipinski definition) is 3. The summed E-state index contributed by atoms with van der Waals surface area (Å²) >= 11 is 0. The second-order valence-corrected chi connectivity index (χ2v) is 4.47. The molecule has 1 atom stereocenters. The van der Waals surface area contributed by atoms with E-state index in [-0.39, 0.29) is 6.61 Å². The Morgan fingerprint density at radius 2 is 2.00 bits per heavy atom. The molecule has 0 bridgehead atoms. The minimum absolute atomic E-state index is 0.194. The Hall–Kier alpha value is -1.27. The highest BCUT2D eigenvalue weighted by Gasteiger charge is 2.35. The van der Waals surface area contributed by atoms with Crippen LogP contribution in [0.1, 0.15) is 39.0 Å². The molecule has 0 aromatic rings. The number of rotatable bonds is 4. The smallest absolute Gasteiger partial charge is 0.389 e. The van der Waals surface area contributed by atoms with Crippen LogP contribution >= 0.6 is 0 Å². The molecule has 7 heteroatoms. The number of ether oxygens (including phenoxy) is 1. The quantitative estimate of drug-likeness (QED) is 0.743. The molecule has 0 aromatic carbocycles. The van der Waals surface area contributed by atoms with Crippen LogP contribution in [0.4, 0.5) is 13.2 Å². The molecule has 19 heavy (non-hydrogen) atoms. The maximum Gasteiger partial charge on any atom is 0.389 e. The molecule has 4 nitrogen and oxygen atoms in total. The van der Waals surface area contributed by atoms with Gasteiger partial charge in [0.25, 0.3) is 0 Å². The number of carbonyl (C=O) groups excluding carboxylic acids is 2. The lowest BCUT2D eigenvalue weighted by atomic mass is 10.0. The predicted octanol–water partition coefficient (Wildman–Crippen LogP) is 2.27. The molecule has 1 aliphatic rings. The van der Waals surface area contributed by atoms with E-state index in [9.17, 15) is 22.8 Å². The SMILES string of the molecule is CCOC(=O)C1CCCCN1C(=O)CCC(F)(F)F. The van der Waals surface area contributed by atoms with Gasteiger partial charge in [0.1, 0.15) is 6.04 Å². The van der Waals surface area contributed by atoms with Gasteiger partial charge >= 0.3 is 12.1 Å². The zero-order valence-corrected chi connectivity index (χ0v) is 10.8. The molecule has 0 radical (unpaired) electrons. The highest BCUT2D eigenvalue weighted by Crippen LogP contribution is 2.24. The van der Waals surface area contributed by atoms with Crippen molar-refractivity contribution < 1.29 is 27.5 Å². The van der Waals surface area contributed by atoms with Gasteiger partial charge in [-0.25, -0.2) is 4.79 Å². The Morgan fingerprint density at radius 3 is 2.58 bits per heavy atom. The van der Waals surface area contributed by atoms with Gasteiger partial charge in [0.2, 0.25) is 5.91 Å². The molecule has 1 amide bonds. The van der Waals surface area contributed by atoms with E-state index >= 15 is 0 Å². The number of piperidine rings is 1. The minimum Gasteiger partial charge on any atom is -0.464 e. The Morgan fingerprint density at radius 1 is 1.32 bits per heavy atom. The Bertz CT molecular complexity index is 331. The normalized spacial score (nSPS) is 20.2. The fourth-order valence-corrected chi connectivity index (χ4v) is 2.11. The highest BCUT2D eigenvalue weighted by atomic mass is 19.4. The molecule has 1 rings (SSSR count). The zero-order valence-electron chi connectivity index (χ0n) is 10.8. The largest absolute Gasteiger partial charge is 0.464 e. The average Bonchev–Trinajstić information content (AvgIpc) is 2.35. The topological polar surface area (TPSA) is 46.6 Å². The number of amides is 1. The van der Waals surface area contributed by atoms with Gasteiger partial charge in [-0.1, -0.05) is 0 Å². The first-order valence-corrected chi connectivity index (χ1v) is 6.38. The summed E-state index contributed by atoms with van der Waals surface area (Å²) in [5.74, 6) is -1.15. The van der Waals surface area contributed by atoms with Gasteiger partial charge in [-0.2, -0.15) is 13.2 Å². The third-order valence-corrected chi connectivity index (χ3v) is 3.00. The number of likely N-dealkylation sites (tertiary alicyclic amines) is 1. The minimum atomic E-state index is -4.36. The monoisotopic (exact) mass is 281 g/mol. The molecule has 0 spiro atoms. The van der Waals surface area contributed by atoms with E-state index in [0.29, 0.717) is 19.4 Å². The highest BCUT2D eigenvalue weighted by molar-refractivity contribution is 5.84. The number of alkyl halides is 3. The van der Waals surface area contributed by atoms with Gasteiger partial charge in [-0.15, -0.1) is 0 Å². The van der Waals surface area contributed by atoms with Crippen molar-refractivity contribution in [2.24, 2.45) is 0 Å². The third-order valence-electron chi connectivity index (χ3n) is 3.00. The zero-order chi connectivity index (χ0) is 14.5. The Labute approximate surface area is 109 Å². The van der Waals surface area contributed by atoms with Crippen molar-refractivity contribution in [2.75, 3.05) is 13.2 Å². The van der Waals surface area contributed by atoms with Crippen molar-refractivity contribution in [2.45, 2.75) is 51.2 Å². The van der Waals surface area contributed by atoms with Crippen molar-refractivity contribution >= 4 is 11.9 Å². The Kier molecular flexibility index (Phi) is 5.62. The lowest BCUT2D eigenvalue weighted by molar-refractivity contribution is -0.160. The molecular formula is C12H18F3NO3. The lowest BCUT2D eigenvalue weighted by Crippen LogP contribution is -2.48. The number of carbonyl (C=O) groups is 2. The molecule has 0 saturated carbocycles. The molecule has 0 aromatic heterocycles. The first kappa shape index (κ1) is 15.8. The van der Waals surface area contributed by atoms with Crippen LogP contribution in [-0.4, -0.2) is 42.1 Å². The molecule has 1 saturated heterocycles. The number of esters is 1. The van der Waals surface area contributed by atoms with Crippen LogP contribution in [0.2, 0.25) is 0 Å². The second-order valence-electron chi connectivity index (χ2n) is 4.47. The fourth-order valence-electron chi connectivity index (χ4n) is 2.11. The van der Waals surface area contributed by atoms with Gasteiger partial charge in [0, 0.05) is 13.0 Å². The van der Waals surface area contributed by atoms with Crippen molar-refractivity contribution in [3.8, 4) is 0 Å². The summed E-state index contributed by atoms with van der Waals surface area (Å²) in [5.41, 5.74) is 0. The van der Waals surface area contributed by atoms with Gasteiger partial charge in [-0.3, -0.25) is 4.79 Å². The van der Waals surface area contributed by atoms with Crippen LogP contribution in [0.15, 0.2) is 0 Å². The van der Waals surface area contributed by atoms with E-state index in [1.165, 1.54) is 4.90 Å². The van der Waals surface area contributed by atoms with Crippen LogP contribution in [0.25, 0.3) is 0 Å². The van der Waals surface area contributed by atoms with E-state index in [4.69, 9.17) is 4.74 Å². The van der Waals surface area contributed by atoms with Crippen LogP contribution in [0.5, 0.6) is 0 Å². The molecule has 1 aliphatic heterocycles. The fraction of sp³-hybridized carbons (Fsp3) is 0.833. The molecular weight excluding hydrogens is 263 g/mol. The molecule has 0 N–H and O–H groups in total. The summed E-state index contributed by atoms with van der Waals surface area (Å²) in [6.45, 7) is 2.16. The maximum absolute atomic E-state index is 12.1. The van der Waals surface area contributed by atoms with E-state index in [1.54, 1.807) is 6.92 Å². The summed E-state index contributed by atoms with van der Waals surface area (Å²) in [5, 5.41) is 0. The van der Waals surface area contributed by atoms with Crippen molar-refractivity contribution in [3.63, 3.8) is 0 Å². The molecule has 0 aliphatic carbocycles. The summed E-state index contributed by atoms with van der Waals surface area (Å²) in [6, 6.07) is -0.727. The van der Waals surface area contributed by atoms with Crippen molar-refractivity contribution in [1.29, 1.82) is 0 Å². The summed E-state index contributed by atoms with van der Waals surface area (Å²) < 4.78 is 41.1. The number of hydrogen-bond donors (Lipinski definition) is 0. The van der Waals surface area contributed by atoms with E-state index < -0.39 is 36.9 Å². The number of halogens is 3. The Balaban J connectivity index is 2.61. The van der Waals surface area contributed by atoms with Gasteiger partial charge in [0.05, 0.1) is 13.0 Å². The second kappa shape index (κ2) is 6.77. The summed E-state index contributed by atoms with van der Waals surface area (Å²) in [6.07, 6.45) is -4.20. The van der Waals surface area contributed by atoms with Crippen LogP contribution in [-0.2, 0) is 14.3 Å². The van der Waals surface area contributed by atoms with Crippen LogP contribution in [0.3, 0.4) is 0 Å². The predicted molar refractivity (Wildman–Crippen MR) is 61.3 cm³/mol. The van der Waals surface area contributed by atoms with Gasteiger partial charge in [0.15, 0.2) is 0 Å².